The fourth-order valence-corrected chi connectivity index (χ4v) is 2.84. The van der Waals surface area contributed by atoms with Crippen LogP contribution in [0.5, 0.6) is 0 Å². The number of aryl methyl sites for hydroxylation is 1. The van der Waals surface area contributed by atoms with Crippen LogP contribution in [0.25, 0.3) is 0 Å². The van der Waals surface area contributed by atoms with Gasteiger partial charge in [0.15, 0.2) is 0 Å². The van der Waals surface area contributed by atoms with Gasteiger partial charge in [-0.1, -0.05) is 12.2 Å². The highest BCUT2D eigenvalue weighted by Gasteiger charge is 2.25. The molecule has 2 heterocycles. The van der Waals surface area contributed by atoms with Crippen LogP contribution in [0, 0.1) is 6.92 Å². The van der Waals surface area contributed by atoms with Gasteiger partial charge >= 0.3 is 0 Å². The minimum atomic E-state index is 0.204. The van der Waals surface area contributed by atoms with Crippen LogP contribution in [0.2, 0.25) is 0 Å². The average Bonchev–Trinajstić information content (AvgIpc) is 2.39. The highest BCUT2D eigenvalue weighted by atomic mass is 32.1. The molecule has 1 aliphatic heterocycles. The molecule has 1 aromatic heterocycles. The number of thiocarbonyl (C=S) groups is 1. The summed E-state index contributed by atoms with van der Waals surface area (Å²) in [7, 11) is 0. The van der Waals surface area contributed by atoms with E-state index in [0.717, 1.165) is 42.9 Å². The van der Waals surface area contributed by atoms with Crippen LogP contribution in [0.3, 0.4) is 0 Å². The van der Waals surface area contributed by atoms with Crippen molar-refractivity contribution in [1.29, 1.82) is 0 Å². The molecule has 4 nitrogen and oxygen atoms in total. The Morgan fingerprint density at radius 3 is 3.00 bits per heavy atom. The van der Waals surface area contributed by atoms with Crippen molar-refractivity contribution in [2.24, 2.45) is 5.73 Å². The van der Waals surface area contributed by atoms with Crippen molar-refractivity contribution in [1.82, 2.24) is 4.98 Å². The molecule has 0 aliphatic carbocycles. The van der Waals surface area contributed by atoms with Crippen molar-refractivity contribution in [3.05, 3.63) is 23.4 Å². The van der Waals surface area contributed by atoms with Crippen LogP contribution < -0.4 is 10.6 Å². The molecule has 3 N–H and O–H groups in total. The van der Waals surface area contributed by atoms with E-state index >= 15 is 0 Å². The molecule has 1 unspecified atom stereocenters. The fourth-order valence-electron chi connectivity index (χ4n) is 2.68. The lowest BCUT2D eigenvalue weighted by molar-refractivity contribution is 0.262. The molecule has 0 bridgehead atoms. The molecule has 0 saturated carbocycles. The number of aliphatic hydroxyl groups excluding tert-OH is 1. The molecule has 5 heteroatoms. The van der Waals surface area contributed by atoms with Crippen molar-refractivity contribution >= 4 is 23.0 Å². The number of pyridine rings is 1. The number of anilines is 1. The van der Waals surface area contributed by atoms with Crippen LogP contribution in [0.1, 0.15) is 36.9 Å². The van der Waals surface area contributed by atoms with Crippen molar-refractivity contribution in [3.8, 4) is 0 Å². The monoisotopic (exact) mass is 279 g/mol. The van der Waals surface area contributed by atoms with Gasteiger partial charge in [0.1, 0.15) is 10.8 Å². The van der Waals surface area contributed by atoms with E-state index in [9.17, 15) is 5.11 Å². The summed E-state index contributed by atoms with van der Waals surface area (Å²) in [4.78, 5) is 7.28. The maximum atomic E-state index is 9.22. The average molecular weight is 279 g/mol. The van der Waals surface area contributed by atoms with E-state index in [4.69, 9.17) is 18.0 Å². The first-order chi connectivity index (χ1) is 9.13. The van der Waals surface area contributed by atoms with Crippen LogP contribution in [-0.2, 0) is 0 Å². The molecular formula is C14H21N3OS. The number of rotatable bonds is 4. The Hall–Kier alpha value is -1.20. The zero-order valence-electron chi connectivity index (χ0n) is 11.3. The van der Waals surface area contributed by atoms with Crippen LogP contribution in [-0.4, -0.2) is 34.3 Å². The van der Waals surface area contributed by atoms with E-state index in [0.29, 0.717) is 11.0 Å². The Balaban J connectivity index is 2.37. The van der Waals surface area contributed by atoms with Crippen LogP contribution in [0.4, 0.5) is 5.82 Å². The molecular weight excluding hydrogens is 258 g/mol. The van der Waals surface area contributed by atoms with Gasteiger partial charge in [-0.25, -0.2) is 4.98 Å². The third kappa shape index (κ3) is 3.22. The Kier molecular flexibility index (Phi) is 4.71. The van der Waals surface area contributed by atoms with Gasteiger partial charge in [-0.2, -0.15) is 0 Å². The second kappa shape index (κ2) is 6.30. The number of nitrogens with zero attached hydrogens (tertiary/aromatic N) is 2. The zero-order valence-corrected chi connectivity index (χ0v) is 12.1. The molecule has 0 radical (unpaired) electrons. The van der Waals surface area contributed by atoms with Gasteiger partial charge in [0.25, 0.3) is 0 Å². The van der Waals surface area contributed by atoms with Crippen LogP contribution >= 0.6 is 12.2 Å². The van der Waals surface area contributed by atoms with Gasteiger partial charge < -0.3 is 15.7 Å². The van der Waals surface area contributed by atoms with E-state index < -0.39 is 0 Å². The Bertz CT molecular complexity index is 462. The van der Waals surface area contributed by atoms with Crippen molar-refractivity contribution in [2.45, 2.75) is 38.6 Å². The first kappa shape index (κ1) is 14.2. The van der Waals surface area contributed by atoms with Crippen molar-refractivity contribution in [3.63, 3.8) is 0 Å². The normalized spacial score (nSPS) is 19.5. The molecule has 0 amide bonds. The maximum absolute atomic E-state index is 9.22. The number of aliphatic hydroxyl groups is 1. The summed E-state index contributed by atoms with van der Waals surface area (Å²) in [5, 5.41) is 9.22. The molecule has 2 rings (SSSR count). The molecule has 0 spiro atoms. The number of nitrogens with two attached hydrogens (primary N) is 1. The predicted molar refractivity (Wildman–Crippen MR) is 81.5 cm³/mol. The zero-order chi connectivity index (χ0) is 13.8. The van der Waals surface area contributed by atoms with Gasteiger partial charge in [-0.15, -0.1) is 0 Å². The molecule has 104 valence electrons. The quantitative estimate of drug-likeness (QED) is 0.822. The van der Waals surface area contributed by atoms with Gasteiger partial charge in [0.2, 0.25) is 0 Å². The lowest BCUT2D eigenvalue weighted by Gasteiger charge is -2.37. The second-order valence-corrected chi connectivity index (χ2v) is 5.48. The van der Waals surface area contributed by atoms with Crippen molar-refractivity contribution < 1.29 is 5.11 Å². The highest BCUT2D eigenvalue weighted by Crippen LogP contribution is 2.28. The van der Waals surface area contributed by atoms with E-state index in [2.05, 4.69) is 9.88 Å². The summed E-state index contributed by atoms with van der Waals surface area (Å²) < 4.78 is 0. The van der Waals surface area contributed by atoms with Gasteiger partial charge in [0.05, 0.1) is 5.56 Å². The lowest BCUT2D eigenvalue weighted by atomic mass is 9.99. The number of hydrogen-bond donors (Lipinski definition) is 2. The van der Waals surface area contributed by atoms with E-state index in [1.54, 1.807) is 0 Å². The molecule has 1 atom stereocenters. The minimum absolute atomic E-state index is 0.204. The Labute approximate surface area is 119 Å². The molecule has 0 aromatic carbocycles. The molecule has 1 saturated heterocycles. The summed E-state index contributed by atoms with van der Waals surface area (Å²) in [6.07, 6.45) is 4.21. The summed E-state index contributed by atoms with van der Waals surface area (Å²) in [6, 6.07) is 4.22. The first-order valence-electron chi connectivity index (χ1n) is 6.78. The largest absolute Gasteiger partial charge is 0.396 e. The number of hydrogen-bond acceptors (Lipinski definition) is 4. The van der Waals surface area contributed by atoms with E-state index in [-0.39, 0.29) is 6.61 Å². The third-order valence-electron chi connectivity index (χ3n) is 3.64. The Morgan fingerprint density at radius 2 is 2.32 bits per heavy atom. The topological polar surface area (TPSA) is 62.4 Å². The maximum Gasteiger partial charge on any atom is 0.139 e. The molecule has 1 aromatic rings. The van der Waals surface area contributed by atoms with Gasteiger partial charge in [-0.3, -0.25) is 0 Å². The third-order valence-corrected chi connectivity index (χ3v) is 3.86. The smallest absolute Gasteiger partial charge is 0.139 e. The molecule has 1 fully saturated rings. The summed E-state index contributed by atoms with van der Waals surface area (Å²) in [5.41, 5.74) is 7.61. The number of piperidine rings is 1. The molecule has 19 heavy (non-hydrogen) atoms. The van der Waals surface area contributed by atoms with E-state index in [1.165, 1.54) is 6.42 Å². The molecule has 1 aliphatic rings. The van der Waals surface area contributed by atoms with Gasteiger partial charge in [0, 0.05) is 24.9 Å². The Morgan fingerprint density at radius 1 is 1.53 bits per heavy atom. The fraction of sp³-hybridized carbons (Fsp3) is 0.571. The summed E-state index contributed by atoms with van der Waals surface area (Å²) in [6.45, 7) is 3.13. The highest BCUT2D eigenvalue weighted by molar-refractivity contribution is 7.80. The number of aromatic nitrogens is 1. The van der Waals surface area contributed by atoms with E-state index in [1.807, 2.05) is 19.1 Å². The summed E-state index contributed by atoms with van der Waals surface area (Å²) >= 11 is 5.13. The minimum Gasteiger partial charge on any atom is -0.396 e. The summed E-state index contributed by atoms with van der Waals surface area (Å²) in [5.74, 6) is 0.880. The SMILES string of the molecule is Cc1ccc(C(N)=S)c(N2CCCCC2CCO)n1. The first-order valence-corrected chi connectivity index (χ1v) is 7.19. The standard InChI is InChI=1S/C14H21N3OS/c1-10-5-6-12(13(15)19)14(16-10)17-8-3-2-4-11(17)7-9-18/h5-6,11,18H,2-4,7-9H2,1H3,(H2,15,19). The predicted octanol–water partition coefficient (Wildman–Crippen LogP) is 1.77. The van der Waals surface area contributed by atoms with Gasteiger partial charge in [-0.05, 0) is 44.7 Å². The lowest BCUT2D eigenvalue weighted by Crippen LogP contribution is -2.41. The van der Waals surface area contributed by atoms with Crippen molar-refractivity contribution in [2.75, 3.05) is 18.1 Å². The van der Waals surface area contributed by atoms with Crippen LogP contribution in [0.15, 0.2) is 12.1 Å². The second-order valence-electron chi connectivity index (χ2n) is 5.04.